The van der Waals surface area contributed by atoms with Crippen LogP contribution in [0, 0.1) is 5.82 Å². The average Bonchev–Trinajstić information content (AvgIpc) is 2.71. The summed E-state index contributed by atoms with van der Waals surface area (Å²) < 4.78 is 13.5. The van der Waals surface area contributed by atoms with E-state index in [1.807, 2.05) is 18.2 Å². The normalized spacial score (nSPS) is 14.4. The molecule has 3 nitrogen and oxygen atoms in total. The second kappa shape index (κ2) is 5.56. The van der Waals surface area contributed by atoms with Gasteiger partial charge in [0.15, 0.2) is 0 Å². The fourth-order valence-corrected chi connectivity index (χ4v) is 2.77. The molecule has 0 radical (unpaired) electrons. The number of fused-ring (bicyclic) bond motifs is 1. The molecule has 0 saturated heterocycles. The third-order valence-electron chi connectivity index (χ3n) is 3.92. The zero-order chi connectivity index (χ0) is 14.8. The van der Waals surface area contributed by atoms with E-state index >= 15 is 0 Å². The standard InChI is InChI=1S/C17H17FN2O/c18-15-9-3-8-14(16(15)19)17(21)20-10-4-7-12-5-1-2-6-13(12)11-20/h1-3,5-6,8-9H,4,7,10-11,19H2. The molecule has 0 atom stereocenters. The summed E-state index contributed by atoms with van der Waals surface area (Å²) in [4.78, 5) is 14.4. The Labute approximate surface area is 123 Å². The van der Waals surface area contributed by atoms with Crippen LogP contribution in [0.3, 0.4) is 0 Å². The van der Waals surface area contributed by atoms with Crippen LogP contribution in [-0.2, 0) is 13.0 Å². The van der Waals surface area contributed by atoms with Crippen molar-refractivity contribution in [2.24, 2.45) is 0 Å². The number of para-hydroxylation sites is 1. The molecule has 2 aromatic rings. The van der Waals surface area contributed by atoms with Crippen LogP contribution in [0.15, 0.2) is 42.5 Å². The van der Waals surface area contributed by atoms with Crippen LogP contribution in [0.5, 0.6) is 0 Å². The molecule has 1 aliphatic heterocycles. The lowest BCUT2D eigenvalue weighted by atomic mass is 10.0. The Morgan fingerprint density at radius 2 is 1.86 bits per heavy atom. The number of rotatable bonds is 1. The summed E-state index contributed by atoms with van der Waals surface area (Å²) in [6.45, 7) is 1.20. The molecule has 0 aromatic heterocycles. The Morgan fingerprint density at radius 3 is 2.67 bits per heavy atom. The largest absolute Gasteiger partial charge is 0.396 e. The first-order valence-electron chi connectivity index (χ1n) is 7.07. The number of carbonyl (C=O) groups excluding carboxylic acids is 1. The molecule has 1 aliphatic rings. The summed E-state index contributed by atoms with van der Waals surface area (Å²) in [6, 6.07) is 12.5. The number of hydrogen-bond acceptors (Lipinski definition) is 2. The maximum absolute atomic E-state index is 13.5. The highest BCUT2D eigenvalue weighted by Gasteiger charge is 2.22. The molecule has 0 fully saturated rings. The predicted molar refractivity (Wildman–Crippen MR) is 80.3 cm³/mol. The van der Waals surface area contributed by atoms with Crippen LogP contribution in [0.4, 0.5) is 10.1 Å². The van der Waals surface area contributed by atoms with Gasteiger partial charge in [0, 0.05) is 13.1 Å². The summed E-state index contributed by atoms with van der Waals surface area (Å²) in [5.74, 6) is -0.750. The molecular weight excluding hydrogens is 267 g/mol. The third-order valence-corrected chi connectivity index (χ3v) is 3.92. The number of nitrogens with two attached hydrogens (primary N) is 1. The topological polar surface area (TPSA) is 46.3 Å². The first-order chi connectivity index (χ1) is 10.2. The highest BCUT2D eigenvalue weighted by molar-refractivity contribution is 5.99. The quantitative estimate of drug-likeness (QED) is 0.818. The van der Waals surface area contributed by atoms with Gasteiger partial charge in [0.25, 0.3) is 5.91 Å². The molecule has 1 heterocycles. The molecule has 2 N–H and O–H groups in total. The van der Waals surface area contributed by atoms with Gasteiger partial charge in [0.05, 0.1) is 11.3 Å². The lowest BCUT2D eigenvalue weighted by Gasteiger charge is -2.21. The average molecular weight is 284 g/mol. The van der Waals surface area contributed by atoms with Crippen molar-refractivity contribution < 1.29 is 9.18 Å². The van der Waals surface area contributed by atoms with Gasteiger partial charge in [0.2, 0.25) is 0 Å². The highest BCUT2D eigenvalue weighted by Crippen LogP contribution is 2.23. The van der Waals surface area contributed by atoms with E-state index < -0.39 is 5.82 Å². The van der Waals surface area contributed by atoms with Crippen molar-refractivity contribution in [3.63, 3.8) is 0 Å². The van der Waals surface area contributed by atoms with Gasteiger partial charge in [-0.05, 0) is 36.1 Å². The maximum atomic E-state index is 13.5. The number of hydrogen-bond donors (Lipinski definition) is 1. The van der Waals surface area contributed by atoms with E-state index in [-0.39, 0.29) is 17.2 Å². The van der Waals surface area contributed by atoms with E-state index in [0.29, 0.717) is 13.1 Å². The van der Waals surface area contributed by atoms with Gasteiger partial charge in [-0.1, -0.05) is 30.3 Å². The van der Waals surface area contributed by atoms with Gasteiger partial charge in [-0.3, -0.25) is 4.79 Å². The van der Waals surface area contributed by atoms with Crippen LogP contribution in [0.1, 0.15) is 27.9 Å². The zero-order valence-electron chi connectivity index (χ0n) is 11.7. The number of anilines is 1. The molecular formula is C17H17FN2O. The van der Waals surface area contributed by atoms with E-state index in [1.54, 1.807) is 11.0 Å². The van der Waals surface area contributed by atoms with Gasteiger partial charge in [-0.15, -0.1) is 0 Å². The van der Waals surface area contributed by atoms with E-state index in [4.69, 9.17) is 5.73 Å². The number of halogens is 1. The number of carbonyl (C=O) groups is 1. The second-order valence-corrected chi connectivity index (χ2v) is 5.30. The fourth-order valence-electron chi connectivity index (χ4n) is 2.77. The highest BCUT2D eigenvalue weighted by atomic mass is 19.1. The van der Waals surface area contributed by atoms with Crippen molar-refractivity contribution in [3.8, 4) is 0 Å². The Hall–Kier alpha value is -2.36. The van der Waals surface area contributed by atoms with Gasteiger partial charge in [-0.2, -0.15) is 0 Å². The molecule has 108 valence electrons. The molecule has 0 bridgehead atoms. The van der Waals surface area contributed by atoms with Crippen LogP contribution in [0.25, 0.3) is 0 Å². The summed E-state index contributed by atoms with van der Waals surface area (Å²) in [7, 11) is 0. The Kier molecular flexibility index (Phi) is 3.60. The van der Waals surface area contributed by atoms with E-state index in [1.165, 1.54) is 17.7 Å². The summed E-state index contributed by atoms with van der Waals surface area (Å²) >= 11 is 0. The van der Waals surface area contributed by atoms with Crippen molar-refractivity contribution in [2.45, 2.75) is 19.4 Å². The zero-order valence-corrected chi connectivity index (χ0v) is 11.7. The van der Waals surface area contributed by atoms with Crippen molar-refractivity contribution >= 4 is 11.6 Å². The van der Waals surface area contributed by atoms with E-state index in [9.17, 15) is 9.18 Å². The van der Waals surface area contributed by atoms with Gasteiger partial charge < -0.3 is 10.6 Å². The van der Waals surface area contributed by atoms with Crippen LogP contribution >= 0.6 is 0 Å². The summed E-state index contributed by atoms with van der Waals surface area (Å²) in [5, 5.41) is 0. The van der Waals surface area contributed by atoms with Crippen molar-refractivity contribution in [2.75, 3.05) is 12.3 Å². The molecule has 0 aliphatic carbocycles. The van der Waals surface area contributed by atoms with Crippen LogP contribution < -0.4 is 5.73 Å². The van der Waals surface area contributed by atoms with Gasteiger partial charge in [-0.25, -0.2) is 4.39 Å². The minimum absolute atomic E-state index is 0.0694. The van der Waals surface area contributed by atoms with Crippen molar-refractivity contribution in [1.82, 2.24) is 4.90 Å². The maximum Gasteiger partial charge on any atom is 0.256 e. The molecule has 4 heteroatoms. The molecule has 21 heavy (non-hydrogen) atoms. The summed E-state index contributed by atoms with van der Waals surface area (Å²) in [6.07, 6.45) is 1.86. The first kappa shape index (κ1) is 13.6. The van der Waals surface area contributed by atoms with Crippen molar-refractivity contribution in [3.05, 3.63) is 65.0 Å². The number of aryl methyl sites for hydroxylation is 1. The lowest BCUT2D eigenvalue weighted by molar-refractivity contribution is 0.0746. The predicted octanol–water partition coefficient (Wildman–Crippen LogP) is 3.00. The van der Waals surface area contributed by atoms with Crippen LogP contribution in [-0.4, -0.2) is 17.4 Å². The number of amides is 1. The molecule has 3 rings (SSSR count). The number of benzene rings is 2. The number of nitrogens with zero attached hydrogens (tertiary/aromatic N) is 1. The second-order valence-electron chi connectivity index (χ2n) is 5.30. The Balaban J connectivity index is 1.90. The molecule has 2 aromatic carbocycles. The summed E-state index contributed by atoms with van der Waals surface area (Å²) in [5.41, 5.74) is 8.31. The van der Waals surface area contributed by atoms with E-state index in [2.05, 4.69) is 6.07 Å². The van der Waals surface area contributed by atoms with Crippen molar-refractivity contribution in [1.29, 1.82) is 0 Å². The minimum Gasteiger partial charge on any atom is -0.396 e. The first-order valence-corrected chi connectivity index (χ1v) is 7.07. The number of nitrogen functional groups attached to an aromatic ring is 1. The monoisotopic (exact) mass is 284 g/mol. The Morgan fingerprint density at radius 1 is 1.10 bits per heavy atom. The van der Waals surface area contributed by atoms with Crippen LogP contribution in [0.2, 0.25) is 0 Å². The van der Waals surface area contributed by atoms with E-state index in [0.717, 1.165) is 18.4 Å². The third kappa shape index (κ3) is 2.61. The fraction of sp³-hybridized carbons (Fsp3) is 0.235. The molecule has 0 spiro atoms. The van der Waals surface area contributed by atoms with Gasteiger partial charge in [0.1, 0.15) is 5.82 Å². The molecule has 0 saturated carbocycles. The molecule has 1 amide bonds. The smallest absolute Gasteiger partial charge is 0.256 e. The van der Waals surface area contributed by atoms with Gasteiger partial charge >= 0.3 is 0 Å². The lowest BCUT2D eigenvalue weighted by Crippen LogP contribution is -2.31. The SMILES string of the molecule is Nc1c(F)cccc1C(=O)N1CCCc2ccccc2C1. The minimum atomic E-state index is -0.545. The molecule has 0 unspecified atom stereocenters. The Bertz CT molecular complexity index is 684.